The van der Waals surface area contributed by atoms with Gasteiger partial charge in [0.2, 0.25) is 11.7 Å². The van der Waals surface area contributed by atoms with E-state index in [1.165, 1.54) is 23.2 Å². The largest absolute Gasteiger partial charge is 0.451 e. The Balaban J connectivity index is 1.54. The first-order chi connectivity index (χ1) is 16.8. The Bertz CT molecular complexity index is 1260. The van der Waals surface area contributed by atoms with Gasteiger partial charge in [0.05, 0.1) is 23.5 Å². The van der Waals surface area contributed by atoms with Crippen LogP contribution in [0.4, 0.5) is 23.4 Å². The predicted octanol–water partition coefficient (Wildman–Crippen LogP) is 3.90. The third kappa shape index (κ3) is 5.54. The lowest BCUT2D eigenvalue weighted by Crippen LogP contribution is -2.44. The van der Waals surface area contributed by atoms with E-state index in [-0.39, 0.29) is 23.0 Å². The van der Waals surface area contributed by atoms with Crippen LogP contribution in [0.1, 0.15) is 29.8 Å². The maximum atomic E-state index is 14.2. The Hall–Kier alpha value is -4.07. The molecule has 1 aliphatic heterocycles. The van der Waals surface area contributed by atoms with Gasteiger partial charge in [-0.3, -0.25) is 9.78 Å². The molecule has 3 aromatic rings. The van der Waals surface area contributed by atoms with Crippen LogP contribution in [0.3, 0.4) is 0 Å². The number of halogens is 4. The minimum Gasteiger partial charge on any atom is -0.354 e. The molecule has 7 nitrogen and oxygen atoms in total. The van der Waals surface area contributed by atoms with Crippen LogP contribution >= 0.6 is 0 Å². The lowest BCUT2D eigenvalue weighted by molar-refractivity contribution is -0.144. The second-order valence-corrected chi connectivity index (χ2v) is 7.99. The van der Waals surface area contributed by atoms with Gasteiger partial charge < -0.3 is 10.2 Å². The standard InChI is InChI=1S/C24H20F4N6O/c25-18-14-30-9-8-17(18)19-12-21(33-23(32-19)24(26,27)28)34-11-1-2-20(34)22(35)31-10-7-15-3-5-16(13-29)6-4-15/h3-6,8-9,12,14,20H,1-2,7,10-11H2,(H,31,35). The summed E-state index contributed by atoms with van der Waals surface area (Å²) in [7, 11) is 0. The van der Waals surface area contributed by atoms with Gasteiger partial charge in [-0.1, -0.05) is 12.1 Å². The van der Waals surface area contributed by atoms with Crippen molar-refractivity contribution < 1.29 is 22.4 Å². The summed E-state index contributed by atoms with van der Waals surface area (Å²) in [4.78, 5) is 25.2. The third-order valence-corrected chi connectivity index (χ3v) is 5.66. The highest BCUT2D eigenvalue weighted by Crippen LogP contribution is 2.33. The van der Waals surface area contributed by atoms with Gasteiger partial charge in [0.15, 0.2) is 5.82 Å². The highest BCUT2D eigenvalue weighted by Gasteiger charge is 2.38. The third-order valence-electron chi connectivity index (χ3n) is 5.66. The molecule has 4 rings (SSSR count). The lowest BCUT2D eigenvalue weighted by Gasteiger charge is -2.26. The van der Waals surface area contributed by atoms with E-state index < -0.39 is 23.9 Å². The van der Waals surface area contributed by atoms with Crippen LogP contribution in [0.2, 0.25) is 0 Å². The summed E-state index contributed by atoms with van der Waals surface area (Å²) in [5, 5.41) is 11.7. The van der Waals surface area contributed by atoms with E-state index in [0.717, 1.165) is 11.8 Å². The quantitative estimate of drug-likeness (QED) is 0.534. The molecule has 0 saturated carbocycles. The van der Waals surface area contributed by atoms with E-state index >= 15 is 0 Å². The van der Waals surface area contributed by atoms with E-state index in [1.807, 2.05) is 6.07 Å². The van der Waals surface area contributed by atoms with E-state index in [1.54, 1.807) is 24.3 Å². The number of alkyl halides is 3. The maximum Gasteiger partial charge on any atom is 0.451 e. The number of hydrogen-bond acceptors (Lipinski definition) is 6. The zero-order chi connectivity index (χ0) is 25.0. The molecule has 1 amide bonds. The van der Waals surface area contributed by atoms with Crippen molar-refractivity contribution in [1.29, 1.82) is 5.26 Å². The zero-order valence-corrected chi connectivity index (χ0v) is 18.4. The Labute approximate surface area is 198 Å². The van der Waals surface area contributed by atoms with E-state index in [0.29, 0.717) is 37.9 Å². The van der Waals surface area contributed by atoms with Crippen molar-refractivity contribution in [2.24, 2.45) is 0 Å². The number of rotatable bonds is 6. The lowest BCUT2D eigenvalue weighted by atomic mass is 10.1. The molecule has 1 aliphatic rings. The Morgan fingerprint density at radius 2 is 1.97 bits per heavy atom. The zero-order valence-electron chi connectivity index (χ0n) is 18.4. The van der Waals surface area contributed by atoms with Crippen molar-refractivity contribution in [1.82, 2.24) is 20.3 Å². The first-order valence-electron chi connectivity index (χ1n) is 10.9. The van der Waals surface area contributed by atoms with Gasteiger partial charge in [0.25, 0.3) is 0 Å². The number of nitrogens with zero attached hydrogens (tertiary/aromatic N) is 5. The number of anilines is 1. The summed E-state index contributed by atoms with van der Waals surface area (Å²) in [6, 6.07) is 10.8. The number of pyridine rings is 1. The summed E-state index contributed by atoms with van der Waals surface area (Å²) >= 11 is 0. The fraction of sp³-hybridized carbons (Fsp3) is 0.292. The van der Waals surface area contributed by atoms with Crippen molar-refractivity contribution in [2.75, 3.05) is 18.0 Å². The molecule has 1 atom stereocenters. The number of hydrogen-bond donors (Lipinski definition) is 1. The molecule has 11 heteroatoms. The number of carbonyl (C=O) groups excluding carboxylic acids is 1. The Morgan fingerprint density at radius 1 is 1.20 bits per heavy atom. The first kappa shape index (κ1) is 24.1. The summed E-state index contributed by atoms with van der Waals surface area (Å²) in [5.74, 6) is -2.65. The molecule has 35 heavy (non-hydrogen) atoms. The average Bonchev–Trinajstić information content (AvgIpc) is 3.34. The van der Waals surface area contributed by atoms with Crippen LogP contribution in [0.25, 0.3) is 11.3 Å². The number of aromatic nitrogens is 3. The fourth-order valence-electron chi connectivity index (χ4n) is 3.94. The molecular formula is C24H20F4N6O. The molecule has 0 bridgehead atoms. The smallest absolute Gasteiger partial charge is 0.354 e. The van der Waals surface area contributed by atoms with Crippen molar-refractivity contribution in [3.8, 4) is 17.3 Å². The summed E-state index contributed by atoms with van der Waals surface area (Å²) in [6.45, 7) is 0.639. The number of carbonyl (C=O) groups is 1. The van der Waals surface area contributed by atoms with Gasteiger partial charge in [-0.05, 0) is 43.0 Å². The molecule has 1 fully saturated rings. The molecule has 180 valence electrons. The molecule has 1 N–H and O–H groups in total. The molecule has 1 aromatic carbocycles. The Morgan fingerprint density at radius 3 is 2.66 bits per heavy atom. The number of nitrogens with one attached hydrogen (secondary N) is 1. The highest BCUT2D eigenvalue weighted by molar-refractivity contribution is 5.85. The molecule has 2 aromatic heterocycles. The molecule has 0 spiro atoms. The maximum absolute atomic E-state index is 14.2. The van der Waals surface area contributed by atoms with Crippen LogP contribution in [0, 0.1) is 17.1 Å². The molecule has 3 heterocycles. The van der Waals surface area contributed by atoms with Gasteiger partial charge in [-0.15, -0.1) is 0 Å². The minimum absolute atomic E-state index is 0.0942. The Kier molecular flexibility index (Phi) is 6.91. The second kappa shape index (κ2) is 10.0. The van der Waals surface area contributed by atoms with E-state index in [4.69, 9.17) is 5.26 Å². The molecule has 1 saturated heterocycles. The molecule has 0 aliphatic carbocycles. The van der Waals surface area contributed by atoms with Gasteiger partial charge in [0.1, 0.15) is 11.9 Å². The molecular weight excluding hydrogens is 464 g/mol. The van der Waals surface area contributed by atoms with Crippen molar-refractivity contribution in [3.63, 3.8) is 0 Å². The molecule has 0 radical (unpaired) electrons. The summed E-state index contributed by atoms with van der Waals surface area (Å²) in [6.07, 6.45) is -1.16. The predicted molar refractivity (Wildman–Crippen MR) is 118 cm³/mol. The first-order valence-corrected chi connectivity index (χ1v) is 10.9. The highest BCUT2D eigenvalue weighted by atomic mass is 19.4. The van der Waals surface area contributed by atoms with E-state index in [9.17, 15) is 22.4 Å². The fourth-order valence-corrected chi connectivity index (χ4v) is 3.94. The van der Waals surface area contributed by atoms with Crippen molar-refractivity contribution in [3.05, 3.63) is 71.6 Å². The number of nitriles is 1. The monoisotopic (exact) mass is 484 g/mol. The van der Waals surface area contributed by atoms with Gasteiger partial charge in [-0.25, -0.2) is 14.4 Å². The van der Waals surface area contributed by atoms with E-state index in [2.05, 4.69) is 20.3 Å². The van der Waals surface area contributed by atoms with Gasteiger partial charge in [-0.2, -0.15) is 18.4 Å². The van der Waals surface area contributed by atoms with Crippen LogP contribution in [-0.2, 0) is 17.4 Å². The average molecular weight is 484 g/mol. The van der Waals surface area contributed by atoms with Crippen molar-refractivity contribution >= 4 is 11.7 Å². The van der Waals surface area contributed by atoms with Crippen LogP contribution in [-0.4, -0.2) is 40.0 Å². The topological polar surface area (TPSA) is 94.8 Å². The van der Waals surface area contributed by atoms with Crippen molar-refractivity contribution in [2.45, 2.75) is 31.5 Å². The van der Waals surface area contributed by atoms with Crippen LogP contribution < -0.4 is 10.2 Å². The van der Waals surface area contributed by atoms with Crippen LogP contribution in [0.15, 0.2) is 48.8 Å². The number of benzene rings is 1. The molecule has 1 unspecified atom stereocenters. The minimum atomic E-state index is -4.85. The summed E-state index contributed by atoms with van der Waals surface area (Å²) < 4.78 is 54.8. The second-order valence-electron chi connectivity index (χ2n) is 7.99. The SMILES string of the molecule is N#Cc1ccc(CCNC(=O)C2CCCN2c2cc(-c3ccncc3F)nc(C(F)(F)F)n2)cc1. The van der Waals surface area contributed by atoms with Gasteiger partial charge in [0, 0.05) is 30.9 Å². The normalized spacial score (nSPS) is 15.6. The van der Waals surface area contributed by atoms with Gasteiger partial charge >= 0.3 is 6.18 Å². The summed E-state index contributed by atoms with van der Waals surface area (Å²) in [5.41, 5.74) is 1.08. The van der Waals surface area contributed by atoms with Crippen LogP contribution in [0.5, 0.6) is 0 Å². The number of amides is 1.